The van der Waals surface area contributed by atoms with E-state index in [0.717, 1.165) is 16.7 Å². The van der Waals surface area contributed by atoms with E-state index in [-0.39, 0.29) is 5.91 Å². The van der Waals surface area contributed by atoms with Crippen LogP contribution >= 0.6 is 0 Å². The molecule has 0 aliphatic rings. The summed E-state index contributed by atoms with van der Waals surface area (Å²) in [5.74, 6) is 0.992. The van der Waals surface area contributed by atoms with Crippen LogP contribution in [0.2, 0.25) is 0 Å². The second kappa shape index (κ2) is 11.2. The van der Waals surface area contributed by atoms with E-state index in [1.54, 1.807) is 37.6 Å². The minimum absolute atomic E-state index is 0.198. The Balaban J connectivity index is 1.84. The zero-order valence-electron chi connectivity index (χ0n) is 20.6. The molecule has 4 rings (SSSR count). The quantitative estimate of drug-likeness (QED) is 0.257. The van der Waals surface area contributed by atoms with Gasteiger partial charge in [-0.05, 0) is 54.5 Å². The second-order valence-corrected chi connectivity index (χ2v) is 8.35. The summed E-state index contributed by atoms with van der Waals surface area (Å²) in [6.45, 7) is 2.39. The number of aromatic nitrogens is 1. The number of anilines is 2. The van der Waals surface area contributed by atoms with Gasteiger partial charge in [-0.1, -0.05) is 54.1 Å². The minimum atomic E-state index is -0.198. The van der Waals surface area contributed by atoms with Crippen LogP contribution in [-0.4, -0.2) is 25.1 Å². The summed E-state index contributed by atoms with van der Waals surface area (Å²) in [4.78, 5) is 20.2. The highest BCUT2D eigenvalue weighted by Crippen LogP contribution is 2.32. The number of benzene rings is 3. The fourth-order valence-corrected chi connectivity index (χ4v) is 3.92. The average Bonchev–Trinajstić information content (AvgIpc) is 2.92. The highest BCUT2D eigenvalue weighted by molar-refractivity contribution is 6.30. The van der Waals surface area contributed by atoms with E-state index in [1.807, 2.05) is 85.8 Å². The number of carbonyl (C=O) groups is 1. The smallest absolute Gasteiger partial charge is 0.259 e. The van der Waals surface area contributed by atoms with Crippen LogP contribution in [0.3, 0.4) is 0 Å². The van der Waals surface area contributed by atoms with Crippen LogP contribution in [0.25, 0.3) is 11.6 Å². The molecule has 0 atom stereocenters. The van der Waals surface area contributed by atoms with Crippen molar-refractivity contribution >= 4 is 28.9 Å². The molecule has 0 saturated heterocycles. The topological polar surface area (TPSA) is 77.7 Å². The Morgan fingerprint density at radius 1 is 0.944 bits per heavy atom. The van der Waals surface area contributed by atoms with Crippen LogP contribution < -0.4 is 20.1 Å². The first-order valence-corrected chi connectivity index (χ1v) is 11.6. The molecule has 3 aromatic carbocycles. The Kier molecular flexibility index (Phi) is 7.66. The number of methoxy groups -OCH3 is 2. The standard InChI is InChI=1S/C30H29N3O3/c1-21-10-12-22(13-11-21)20-33(27-9-5-4-8-26(27)31)30(34)25(24-7-6-16-32-19-24)17-23-14-15-28(35-2)29(18-23)36-3/h4-19H,20,31H2,1-3H3. The number of para-hydroxylation sites is 2. The van der Waals surface area contributed by atoms with Gasteiger partial charge in [-0.25, -0.2) is 0 Å². The molecule has 1 aromatic heterocycles. The number of nitrogen functional groups attached to an aromatic ring is 1. The van der Waals surface area contributed by atoms with Gasteiger partial charge in [0.05, 0.1) is 32.1 Å². The number of aryl methyl sites for hydroxylation is 1. The summed E-state index contributed by atoms with van der Waals surface area (Å²) in [6.07, 6.45) is 5.20. The van der Waals surface area contributed by atoms with Crippen LogP contribution in [0.4, 0.5) is 11.4 Å². The van der Waals surface area contributed by atoms with E-state index in [1.165, 1.54) is 0 Å². The van der Waals surface area contributed by atoms with Gasteiger partial charge in [-0.3, -0.25) is 9.78 Å². The van der Waals surface area contributed by atoms with E-state index in [4.69, 9.17) is 15.2 Å². The third-order valence-electron chi connectivity index (χ3n) is 5.86. The molecule has 0 bridgehead atoms. The molecular weight excluding hydrogens is 450 g/mol. The third kappa shape index (κ3) is 5.55. The number of nitrogens with two attached hydrogens (primary N) is 1. The molecular formula is C30H29N3O3. The highest BCUT2D eigenvalue weighted by Gasteiger charge is 2.24. The van der Waals surface area contributed by atoms with Crippen molar-refractivity contribution in [3.8, 4) is 11.5 Å². The van der Waals surface area contributed by atoms with Crippen molar-refractivity contribution in [1.29, 1.82) is 0 Å². The van der Waals surface area contributed by atoms with E-state index in [9.17, 15) is 4.79 Å². The molecule has 6 heteroatoms. The van der Waals surface area contributed by atoms with Gasteiger partial charge in [0, 0.05) is 23.5 Å². The monoisotopic (exact) mass is 479 g/mol. The lowest BCUT2D eigenvalue weighted by Crippen LogP contribution is -2.32. The number of hydrogen-bond acceptors (Lipinski definition) is 5. The molecule has 4 aromatic rings. The first-order chi connectivity index (χ1) is 17.5. The normalized spacial score (nSPS) is 11.1. The van der Waals surface area contributed by atoms with E-state index in [0.29, 0.717) is 40.6 Å². The van der Waals surface area contributed by atoms with Crippen molar-refractivity contribution in [2.24, 2.45) is 0 Å². The Morgan fingerprint density at radius 2 is 1.69 bits per heavy atom. The van der Waals surface area contributed by atoms with Crippen molar-refractivity contribution < 1.29 is 14.3 Å². The molecule has 0 aliphatic heterocycles. The Labute approximate surface area is 211 Å². The number of ether oxygens (including phenoxy) is 2. The maximum absolute atomic E-state index is 14.3. The maximum atomic E-state index is 14.3. The van der Waals surface area contributed by atoms with E-state index < -0.39 is 0 Å². The van der Waals surface area contributed by atoms with Crippen LogP contribution in [-0.2, 0) is 11.3 Å². The van der Waals surface area contributed by atoms with Gasteiger partial charge in [0.15, 0.2) is 11.5 Å². The van der Waals surface area contributed by atoms with Gasteiger partial charge in [0.25, 0.3) is 5.91 Å². The van der Waals surface area contributed by atoms with E-state index >= 15 is 0 Å². The van der Waals surface area contributed by atoms with Crippen LogP contribution in [0.5, 0.6) is 11.5 Å². The number of rotatable bonds is 8. The molecule has 6 nitrogen and oxygen atoms in total. The van der Waals surface area contributed by atoms with Crippen molar-refractivity contribution in [2.75, 3.05) is 24.9 Å². The van der Waals surface area contributed by atoms with E-state index in [2.05, 4.69) is 4.98 Å². The van der Waals surface area contributed by atoms with Gasteiger partial charge in [-0.2, -0.15) is 0 Å². The molecule has 2 N–H and O–H groups in total. The summed E-state index contributed by atoms with van der Waals surface area (Å²) < 4.78 is 10.8. The van der Waals surface area contributed by atoms with Crippen molar-refractivity contribution in [1.82, 2.24) is 4.98 Å². The van der Waals surface area contributed by atoms with Crippen molar-refractivity contribution in [3.63, 3.8) is 0 Å². The molecule has 0 saturated carbocycles. The van der Waals surface area contributed by atoms with Gasteiger partial charge in [0.1, 0.15) is 0 Å². The molecule has 0 radical (unpaired) electrons. The van der Waals surface area contributed by atoms with Crippen molar-refractivity contribution in [2.45, 2.75) is 13.5 Å². The minimum Gasteiger partial charge on any atom is -0.493 e. The fraction of sp³-hybridized carbons (Fsp3) is 0.133. The first kappa shape index (κ1) is 24.5. The number of amides is 1. The largest absolute Gasteiger partial charge is 0.493 e. The molecule has 1 amide bonds. The lowest BCUT2D eigenvalue weighted by atomic mass is 10.0. The second-order valence-electron chi connectivity index (χ2n) is 8.35. The molecule has 182 valence electrons. The Hall–Kier alpha value is -4.58. The zero-order chi connectivity index (χ0) is 25.5. The van der Waals surface area contributed by atoms with Crippen LogP contribution in [0.15, 0.2) is 91.3 Å². The van der Waals surface area contributed by atoms with Gasteiger partial charge in [0.2, 0.25) is 0 Å². The summed E-state index contributed by atoms with van der Waals surface area (Å²) in [5.41, 5.74) is 11.6. The molecule has 0 unspecified atom stereocenters. The maximum Gasteiger partial charge on any atom is 0.259 e. The lowest BCUT2D eigenvalue weighted by Gasteiger charge is -2.26. The Bertz CT molecular complexity index is 1370. The van der Waals surface area contributed by atoms with Gasteiger partial charge < -0.3 is 20.1 Å². The number of hydrogen-bond donors (Lipinski definition) is 1. The number of nitrogens with zero attached hydrogens (tertiary/aromatic N) is 2. The summed E-state index contributed by atoms with van der Waals surface area (Å²) in [6, 6.07) is 24.7. The molecule has 1 heterocycles. The van der Waals surface area contributed by atoms with Crippen molar-refractivity contribution in [3.05, 3.63) is 114 Å². The Morgan fingerprint density at radius 3 is 2.36 bits per heavy atom. The number of pyridine rings is 1. The van der Waals surface area contributed by atoms with Gasteiger partial charge >= 0.3 is 0 Å². The third-order valence-corrected chi connectivity index (χ3v) is 5.86. The first-order valence-electron chi connectivity index (χ1n) is 11.6. The van der Waals surface area contributed by atoms with Crippen LogP contribution in [0, 0.1) is 6.92 Å². The molecule has 36 heavy (non-hydrogen) atoms. The molecule has 0 spiro atoms. The predicted octanol–water partition coefficient (Wildman–Crippen LogP) is 5.76. The predicted molar refractivity (Wildman–Crippen MR) is 145 cm³/mol. The summed E-state index contributed by atoms with van der Waals surface area (Å²) in [5, 5.41) is 0. The van der Waals surface area contributed by atoms with Crippen LogP contribution in [0.1, 0.15) is 22.3 Å². The highest BCUT2D eigenvalue weighted by atomic mass is 16.5. The number of carbonyl (C=O) groups excluding carboxylic acids is 1. The summed E-state index contributed by atoms with van der Waals surface area (Å²) in [7, 11) is 3.17. The fourth-order valence-electron chi connectivity index (χ4n) is 3.92. The average molecular weight is 480 g/mol. The summed E-state index contributed by atoms with van der Waals surface area (Å²) >= 11 is 0. The lowest BCUT2D eigenvalue weighted by molar-refractivity contribution is -0.113. The zero-order valence-corrected chi connectivity index (χ0v) is 20.6. The van der Waals surface area contributed by atoms with Gasteiger partial charge in [-0.15, -0.1) is 0 Å². The SMILES string of the molecule is COc1ccc(C=C(C(=O)N(Cc2ccc(C)cc2)c2ccccc2N)c2cccnc2)cc1OC. The molecule has 0 fully saturated rings. The molecule has 0 aliphatic carbocycles.